The summed E-state index contributed by atoms with van der Waals surface area (Å²) in [6.45, 7) is 0.108. The summed E-state index contributed by atoms with van der Waals surface area (Å²) in [4.78, 5) is 18.4. The average Bonchev–Trinajstić information content (AvgIpc) is 3.34. The van der Waals surface area contributed by atoms with Gasteiger partial charge in [0, 0.05) is 15.4 Å². The Morgan fingerprint density at radius 2 is 1.81 bits per heavy atom. The summed E-state index contributed by atoms with van der Waals surface area (Å²) in [6, 6.07) is 26.4. The van der Waals surface area contributed by atoms with Gasteiger partial charge in [-0.25, -0.2) is 4.98 Å². The summed E-state index contributed by atoms with van der Waals surface area (Å²) in [5.74, 6) is 3.78. The molecule has 6 nitrogen and oxygen atoms in total. The number of rotatable bonds is 5. The molecule has 2 aromatic heterocycles. The number of benzene rings is 4. The van der Waals surface area contributed by atoms with Crippen molar-refractivity contribution in [2.45, 2.75) is 0 Å². The van der Waals surface area contributed by atoms with E-state index in [1.807, 2.05) is 66.7 Å². The first-order valence-corrected chi connectivity index (χ1v) is 12.3. The molecule has 7 heteroatoms. The molecule has 4 aromatic carbocycles. The fourth-order valence-corrected chi connectivity index (χ4v) is 4.66. The minimum atomic E-state index is -0.315. The van der Waals surface area contributed by atoms with Gasteiger partial charge in [-0.15, -0.1) is 6.42 Å². The number of hydrogen-bond donors (Lipinski definition) is 0. The smallest absolute Gasteiger partial charge is 0.282 e. The van der Waals surface area contributed by atoms with Crippen LogP contribution in [0.1, 0.15) is 5.56 Å². The molecule has 0 amide bonds. The summed E-state index contributed by atoms with van der Waals surface area (Å²) in [6.07, 6.45) is 7.03. The molecule has 0 bridgehead atoms. The van der Waals surface area contributed by atoms with E-state index >= 15 is 0 Å². The number of nitrogens with zero attached hydrogens (tertiary/aromatic N) is 3. The quantitative estimate of drug-likeness (QED) is 0.179. The molecule has 0 saturated carbocycles. The first kappa shape index (κ1) is 22.8. The summed E-state index contributed by atoms with van der Waals surface area (Å²) in [5, 5.41) is 7.87. The molecular formula is C30H18BrN3O3. The van der Waals surface area contributed by atoms with Gasteiger partial charge in [-0.1, -0.05) is 64.3 Å². The number of para-hydroxylation sites is 1. The van der Waals surface area contributed by atoms with Crippen molar-refractivity contribution in [3.63, 3.8) is 0 Å². The van der Waals surface area contributed by atoms with Crippen LogP contribution in [0.15, 0.2) is 104 Å². The Labute approximate surface area is 220 Å². The van der Waals surface area contributed by atoms with E-state index in [0.29, 0.717) is 39.4 Å². The number of halogens is 1. The van der Waals surface area contributed by atoms with Gasteiger partial charge in [-0.3, -0.25) is 4.79 Å². The van der Waals surface area contributed by atoms with Gasteiger partial charge >= 0.3 is 0 Å². The number of aromatic nitrogens is 2. The van der Waals surface area contributed by atoms with Crippen LogP contribution in [-0.4, -0.2) is 22.5 Å². The molecule has 6 aromatic rings. The maximum absolute atomic E-state index is 13.6. The average molecular weight is 548 g/mol. The Morgan fingerprint density at radius 1 is 1.00 bits per heavy atom. The van der Waals surface area contributed by atoms with Crippen molar-refractivity contribution in [3.05, 3.63) is 105 Å². The van der Waals surface area contributed by atoms with E-state index in [2.05, 4.69) is 27.0 Å². The van der Waals surface area contributed by atoms with Gasteiger partial charge in [0.1, 0.15) is 17.9 Å². The van der Waals surface area contributed by atoms with Crippen LogP contribution in [0, 0.1) is 12.3 Å². The number of ether oxygens (including phenoxy) is 1. The SMILES string of the molecule is C#CCOc1ccc2ccccc2c1C=Nn1c(-c2cc3cc(Br)ccc3o2)nc2ccccc2c1=O. The molecule has 0 aliphatic carbocycles. The lowest BCUT2D eigenvalue weighted by Gasteiger charge is -2.11. The molecule has 0 fully saturated rings. The van der Waals surface area contributed by atoms with Gasteiger partial charge < -0.3 is 9.15 Å². The lowest BCUT2D eigenvalue weighted by atomic mass is 10.0. The maximum Gasteiger partial charge on any atom is 0.282 e. The molecule has 0 atom stereocenters. The third-order valence-electron chi connectivity index (χ3n) is 6.00. The Balaban J connectivity index is 1.59. The van der Waals surface area contributed by atoms with E-state index < -0.39 is 0 Å². The predicted octanol–water partition coefficient (Wildman–Crippen LogP) is 6.62. The Kier molecular flexibility index (Phi) is 5.79. The van der Waals surface area contributed by atoms with E-state index in [9.17, 15) is 4.79 Å². The Morgan fingerprint density at radius 3 is 2.68 bits per heavy atom. The van der Waals surface area contributed by atoms with Gasteiger partial charge in [0.2, 0.25) is 5.82 Å². The van der Waals surface area contributed by atoms with E-state index in [-0.39, 0.29) is 12.2 Å². The van der Waals surface area contributed by atoms with Crippen LogP contribution in [0.4, 0.5) is 0 Å². The van der Waals surface area contributed by atoms with E-state index in [1.54, 1.807) is 24.4 Å². The fourth-order valence-electron chi connectivity index (χ4n) is 4.28. The normalized spacial score (nSPS) is 11.5. The summed E-state index contributed by atoms with van der Waals surface area (Å²) in [5.41, 5.74) is 1.62. The second-order valence-corrected chi connectivity index (χ2v) is 9.21. The van der Waals surface area contributed by atoms with Gasteiger partial charge in [-0.05, 0) is 53.2 Å². The fraction of sp³-hybridized carbons (Fsp3) is 0.0333. The highest BCUT2D eigenvalue weighted by atomic mass is 79.9. The molecule has 0 N–H and O–H groups in total. The predicted molar refractivity (Wildman–Crippen MR) is 150 cm³/mol. The maximum atomic E-state index is 13.6. The van der Waals surface area contributed by atoms with Crippen molar-refractivity contribution in [3.8, 4) is 29.7 Å². The van der Waals surface area contributed by atoms with Gasteiger partial charge in [0.05, 0.1) is 17.1 Å². The number of furan rings is 1. The summed E-state index contributed by atoms with van der Waals surface area (Å²) >= 11 is 3.49. The van der Waals surface area contributed by atoms with Gasteiger partial charge in [0.25, 0.3) is 5.56 Å². The van der Waals surface area contributed by atoms with Crippen molar-refractivity contribution in [1.82, 2.24) is 9.66 Å². The van der Waals surface area contributed by atoms with E-state index in [4.69, 9.17) is 20.6 Å². The third-order valence-corrected chi connectivity index (χ3v) is 6.49. The van der Waals surface area contributed by atoms with Crippen molar-refractivity contribution < 1.29 is 9.15 Å². The summed E-state index contributed by atoms with van der Waals surface area (Å²) in [7, 11) is 0. The summed E-state index contributed by atoms with van der Waals surface area (Å²) < 4.78 is 14.1. The lowest BCUT2D eigenvalue weighted by Crippen LogP contribution is -2.20. The largest absolute Gasteiger partial charge is 0.480 e. The zero-order chi connectivity index (χ0) is 25.4. The number of hydrogen-bond acceptors (Lipinski definition) is 5. The zero-order valence-corrected chi connectivity index (χ0v) is 21.0. The minimum absolute atomic E-state index is 0.108. The molecule has 0 saturated heterocycles. The van der Waals surface area contributed by atoms with Gasteiger partial charge in [-0.2, -0.15) is 9.78 Å². The monoisotopic (exact) mass is 547 g/mol. The molecule has 0 spiro atoms. The van der Waals surface area contributed by atoms with Crippen molar-refractivity contribution in [2.24, 2.45) is 5.10 Å². The second-order valence-electron chi connectivity index (χ2n) is 8.30. The highest BCUT2D eigenvalue weighted by molar-refractivity contribution is 9.10. The molecule has 178 valence electrons. The zero-order valence-electron chi connectivity index (χ0n) is 19.4. The van der Waals surface area contributed by atoms with E-state index in [1.165, 1.54) is 4.68 Å². The van der Waals surface area contributed by atoms with Crippen molar-refractivity contribution in [2.75, 3.05) is 6.61 Å². The minimum Gasteiger partial charge on any atom is -0.480 e. The van der Waals surface area contributed by atoms with Crippen molar-refractivity contribution in [1.29, 1.82) is 0 Å². The first-order chi connectivity index (χ1) is 18.1. The topological polar surface area (TPSA) is 69.6 Å². The van der Waals surface area contributed by atoms with Crippen LogP contribution in [0.2, 0.25) is 0 Å². The molecule has 2 heterocycles. The third kappa shape index (κ3) is 4.18. The number of terminal acetylenes is 1. The molecule has 37 heavy (non-hydrogen) atoms. The van der Waals surface area contributed by atoms with Gasteiger partial charge in [0.15, 0.2) is 5.76 Å². The molecule has 6 rings (SSSR count). The van der Waals surface area contributed by atoms with Crippen LogP contribution in [-0.2, 0) is 0 Å². The van der Waals surface area contributed by atoms with Crippen LogP contribution in [0.25, 0.3) is 44.2 Å². The standard InChI is InChI=1S/C30H18BrN3O3/c1-2-15-36-27-13-11-19-7-3-4-8-22(19)24(27)18-32-34-29(33-25-10-6-5-9-23(25)30(34)35)28-17-20-16-21(31)12-14-26(20)37-28/h1,3-14,16-18H,15H2. The Hall–Kier alpha value is -4.67. The molecule has 0 aliphatic rings. The van der Waals surface area contributed by atoms with Crippen molar-refractivity contribution >= 4 is 54.8 Å². The number of fused-ring (bicyclic) bond motifs is 3. The lowest BCUT2D eigenvalue weighted by molar-refractivity contribution is 0.370. The molecular weight excluding hydrogens is 530 g/mol. The van der Waals surface area contributed by atoms with Crippen LogP contribution in [0.5, 0.6) is 5.75 Å². The molecule has 0 radical (unpaired) electrons. The molecule has 0 unspecified atom stereocenters. The highest BCUT2D eigenvalue weighted by Gasteiger charge is 2.17. The first-order valence-electron chi connectivity index (χ1n) is 11.5. The van der Waals surface area contributed by atoms with Crippen LogP contribution < -0.4 is 10.3 Å². The second kappa shape index (κ2) is 9.41. The molecule has 0 aliphatic heterocycles. The Bertz CT molecular complexity index is 1950. The van der Waals surface area contributed by atoms with Crippen LogP contribution in [0.3, 0.4) is 0 Å². The van der Waals surface area contributed by atoms with Crippen LogP contribution >= 0.6 is 15.9 Å². The highest BCUT2D eigenvalue weighted by Crippen LogP contribution is 2.30. The van der Waals surface area contributed by atoms with E-state index in [0.717, 1.165) is 20.6 Å².